The van der Waals surface area contributed by atoms with E-state index in [0.29, 0.717) is 6.54 Å². The zero-order valence-electron chi connectivity index (χ0n) is 16.5. The molecular formula is C23H28ClN3O. The molecule has 1 unspecified atom stereocenters. The van der Waals surface area contributed by atoms with Gasteiger partial charge in [-0.2, -0.15) is 0 Å². The number of anilines is 2. The summed E-state index contributed by atoms with van der Waals surface area (Å²) in [5.41, 5.74) is 3.22. The molecule has 0 saturated carbocycles. The molecule has 2 aliphatic heterocycles. The van der Waals surface area contributed by atoms with Crippen molar-refractivity contribution in [2.75, 3.05) is 36.0 Å². The Balaban J connectivity index is 1.56. The summed E-state index contributed by atoms with van der Waals surface area (Å²) in [6.45, 7) is 6.38. The Morgan fingerprint density at radius 2 is 1.61 bits per heavy atom. The molecule has 148 valence electrons. The number of fused-ring (bicyclic) bond motifs is 1. The van der Waals surface area contributed by atoms with Gasteiger partial charge in [0, 0.05) is 24.7 Å². The van der Waals surface area contributed by atoms with Crippen LogP contribution in [0.3, 0.4) is 0 Å². The Kier molecular flexibility index (Phi) is 5.88. The van der Waals surface area contributed by atoms with E-state index >= 15 is 0 Å². The third-order valence-electron chi connectivity index (χ3n) is 5.99. The van der Waals surface area contributed by atoms with Gasteiger partial charge in [-0.3, -0.25) is 9.69 Å². The molecule has 0 aliphatic carbocycles. The van der Waals surface area contributed by atoms with Crippen LogP contribution in [0.4, 0.5) is 11.4 Å². The number of carbonyl (C=O) groups excluding carboxylic acids is 1. The molecule has 0 radical (unpaired) electrons. The van der Waals surface area contributed by atoms with Crippen LogP contribution in [-0.4, -0.2) is 43.0 Å². The van der Waals surface area contributed by atoms with Crippen LogP contribution in [0.5, 0.6) is 0 Å². The van der Waals surface area contributed by atoms with Crippen molar-refractivity contribution >= 4 is 28.9 Å². The van der Waals surface area contributed by atoms with Crippen LogP contribution in [0.25, 0.3) is 0 Å². The van der Waals surface area contributed by atoms with Gasteiger partial charge in [0.25, 0.3) is 0 Å². The van der Waals surface area contributed by atoms with Gasteiger partial charge < -0.3 is 9.80 Å². The van der Waals surface area contributed by atoms with E-state index in [9.17, 15) is 4.79 Å². The lowest BCUT2D eigenvalue weighted by Crippen LogP contribution is -2.52. The minimum atomic E-state index is -0.0662. The number of benzene rings is 2. The van der Waals surface area contributed by atoms with Gasteiger partial charge in [-0.25, -0.2) is 0 Å². The number of nitrogens with zero attached hydrogens (tertiary/aromatic N) is 3. The van der Waals surface area contributed by atoms with Gasteiger partial charge in [-0.05, 0) is 56.6 Å². The van der Waals surface area contributed by atoms with E-state index in [0.717, 1.165) is 48.1 Å². The number of carbonyl (C=O) groups is 1. The topological polar surface area (TPSA) is 26.8 Å². The van der Waals surface area contributed by atoms with E-state index in [1.807, 2.05) is 35.2 Å². The molecule has 2 heterocycles. The van der Waals surface area contributed by atoms with Crippen molar-refractivity contribution in [3.8, 4) is 0 Å². The highest BCUT2D eigenvalue weighted by molar-refractivity contribution is 6.31. The van der Waals surface area contributed by atoms with E-state index in [1.165, 1.54) is 19.3 Å². The van der Waals surface area contributed by atoms with Crippen LogP contribution >= 0.6 is 11.6 Å². The summed E-state index contributed by atoms with van der Waals surface area (Å²) in [7, 11) is 0. The van der Waals surface area contributed by atoms with Crippen LogP contribution in [0.2, 0.25) is 5.02 Å². The SMILES string of the molecule is CC(C(=O)N1CCN(Cc2ccccc2Cl)c2ccccc21)N1CCCCC1. The highest BCUT2D eigenvalue weighted by Gasteiger charge is 2.32. The second-order valence-corrected chi connectivity index (χ2v) is 8.17. The second-order valence-electron chi connectivity index (χ2n) is 7.76. The lowest BCUT2D eigenvalue weighted by molar-refractivity contribution is -0.123. The predicted octanol–water partition coefficient (Wildman–Crippen LogP) is 4.57. The van der Waals surface area contributed by atoms with E-state index in [1.54, 1.807) is 0 Å². The van der Waals surface area contributed by atoms with Crippen molar-refractivity contribution in [1.29, 1.82) is 0 Å². The molecule has 1 saturated heterocycles. The Hall–Kier alpha value is -2.04. The first-order valence-corrected chi connectivity index (χ1v) is 10.7. The zero-order chi connectivity index (χ0) is 19.5. The number of halogens is 1. The van der Waals surface area contributed by atoms with E-state index in [4.69, 9.17) is 11.6 Å². The summed E-state index contributed by atoms with van der Waals surface area (Å²) in [6.07, 6.45) is 3.67. The Morgan fingerprint density at radius 1 is 0.929 bits per heavy atom. The number of hydrogen-bond donors (Lipinski definition) is 0. The van der Waals surface area contributed by atoms with Crippen molar-refractivity contribution in [2.45, 2.75) is 38.8 Å². The Labute approximate surface area is 172 Å². The Bertz CT molecular complexity index is 834. The molecule has 1 atom stereocenters. The summed E-state index contributed by atoms with van der Waals surface area (Å²) in [4.78, 5) is 20.0. The maximum atomic E-state index is 13.3. The fourth-order valence-electron chi connectivity index (χ4n) is 4.33. The molecule has 0 bridgehead atoms. The highest BCUT2D eigenvalue weighted by Crippen LogP contribution is 2.35. The second kappa shape index (κ2) is 8.54. The number of piperidine rings is 1. The van der Waals surface area contributed by atoms with Crippen molar-refractivity contribution in [3.05, 3.63) is 59.1 Å². The van der Waals surface area contributed by atoms with Crippen LogP contribution in [0, 0.1) is 0 Å². The maximum absolute atomic E-state index is 13.3. The summed E-state index contributed by atoms with van der Waals surface area (Å²) in [6, 6.07) is 16.1. The molecule has 2 aromatic rings. The Morgan fingerprint density at radius 3 is 2.36 bits per heavy atom. The molecule has 5 heteroatoms. The minimum absolute atomic E-state index is 0.0662. The monoisotopic (exact) mass is 397 g/mol. The van der Waals surface area contributed by atoms with Crippen molar-refractivity contribution in [1.82, 2.24) is 4.90 Å². The number of para-hydroxylation sites is 2. The first kappa shape index (κ1) is 19.3. The van der Waals surface area contributed by atoms with E-state index in [2.05, 4.69) is 34.9 Å². The molecule has 4 nitrogen and oxygen atoms in total. The number of amides is 1. The average Bonchev–Trinajstić information content (AvgIpc) is 2.75. The maximum Gasteiger partial charge on any atom is 0.244 e. The van der Waals surface area contributed by atoms with E-state index in [-0.39, 0.29) is 11.9 Å². The third-order valence-corrected chi connectivity index (χ3v) is 6.36. The first-order chi connectivity index (χ1) is 13.6. The van der Waals surface area contributed by atoms with Gasteiger partial charge in [0.1, 0.15) is 0 Å². The van der Waals surface area contributed by atoms with Gasteiger partial charge in [-0.1, -0.05) is 48.4 Å². The number of hydrogen-bond acceptors (Lipinski definition) is 3. The van der Waals surface area contributed by atoms with Crippen LogP contribution in [0.1, 0.15) is 31.7 Å². The normalized spacial score (nSPS) is 18.6. The summed E-state index contributed by atoms with van der Waals surface area (Å²) in [5.74, 6) is 0.215. The molecule has 28 heavy (non-hydrogen) atoms. The number of likely N-dealkylation sites (tertiary alicyclic amines) is 1. The largest absolute Gasteiger partial charge is 0.364 e. The van der Waals surface area contributed by atoms with Crippen molar-refractivity contribution < 1.29 is 4.79 Å². The first-order valence-electron chi connectivity index (χ1n) is 10.3. The highest BCUT2D eigenvalue weighted by atomic mass is 35.5. The smallest absolute Gasteiger partial charge is 0.244 e. The van der Waals surface area contributed by atoms with Crippen molar-refractivity contribution in [2.24, 2.45) is 0 Å². The summed E-state index contributed by atoms with van der Waals surface area (Å²) in [5, 5.41) is 0.789. The quantitative estimate of drug-likeness (QED) is 0.756. The van der Waals surface area contributed by atoms with Gasteiger partial charge in [0.15, 0.2) is 0 Å². The molecule has 0 spiro atoms. The van der Waals surface area contributed by atoms with Crippen LogP contribution in [0.15, 0.2) is 48.5 Å². The third kappa shape index (κ3) is 3.89. The van der Waals surface area contributed by atoms with Gasteiger partial charge in [0.2, 0.25) is 5.91 Å². The zero-order valence-corrected chi connectivity index (χ0v) is 17.2. The standard InChI is InChI=1S/C23H28ClN3O/c1-18(25-13-7-2-8-14-25)23(28)27-16-15-26(21-11-5-6-12-22(21)27)17-19-9-3-4-10-20(19)24/h3-6,9-12,18H,2,7-8,13-17H2,1H3. The summed E-state index contributed by atoms with van der Waals surface area (Å²) >= 11 is 6.38. The van der Waals surface area contributed by atoms with Crippen LogP contribution < -0.4 is 9.80 Å². The molecule has 4 rings (SSSR count). The molecule has 2 aliphatic rings. The molecule has 2 aromatic carbocycles. The lowest BCUT2D eigenvalue weighted by Gasteiger charge is -2.41. The fourth-order valence-corrected chi connectivity index (χ4v) is 4.53. The summed E-state index contributed by atoms with van der Waals surface area (Å²) < 4.78 is 0. The van der Waals surface area contributed by atoms with Gasteiger partial charge in [-0.15, -0.1) is 0 Å². The predicted molar refractivity (Wildman–Crippen MR) is 116 cm³/mol. The minimum Gasteiger partial charge on any atom is -0.364 e. The molecule has 1 fully saturated rings. The fraction of sp³-hybridized carbons (Fsp3) is 0.435. The van der Waals surface area contributed by atoms with E-state index < -0.39 is 0 Å². The molecule has 1 amide bonds. The van der Waals surface area contributed by atoms with Gasteiger partial charge in [0.05, 0.1) is 17.4 Å². The molecule has 0 aromatic heterocycles. The van der Waals surface area contributed by atoms with Crippen molar-refractivity contribution in [3.63, 3.8) is 0 Å². The van der Waals surface area contributed by atoms with Gasteiger partial charge >= 0.3 is 0 Å². The molecular weight excluding hydrogens is 370 g/mol. The molecule has 0 N–H and O–H groups in total. The van der Waals surface area contributed by atoms with Crippen LogP contribution in [-0.2, 0) is 11.3 Å². The lowest BCUT2D eigenvalue weighted by atomic mass is 10.1. The average molecular weight is 398 g/mol. The number of rotatable bonds is 4.